The molecular formula is C17H16FN5O2. The number of urea groups is 1. The van der Waals surface area contributed by atoms with E-state index in [2.05, 4.69) is 15.4 Å². The molecule has 2 amide bonds. The maximum atomic E-state index is 14.2. The molecule has 0 aliphatic rings. The largest absolute Gasteiger partial charge is 0.508 e. The van der Waals surface area contributed by atoms with Crippen LogP contribution < -0.4 is 5.32 Å². The Labute approximate surface area is 143 Å². The van der Waals surface area contributed by atoms with Gasteiger partial charge >= 0.3 is 6.03 Å². The van der Waals surface area contributed by atoms with Crippen molar-refractivity contribution in [1.82, 2.24) is 19.7 Å². The number of anilines is 1. The average Bonchev–Trinajstić information content (AvgIpc) is 3.09. The standard InChI is InChI=1S/C17H16FN5O2/c1-22(9-12-3-2-4-14(24)7-12)17(25)21-13-5-6-16(15(18)8-13)23-11-19-10-20-23/h2-8,10-11,24H,9H2,1H3,(H,21,25). The Morgan fingerprint density at radius 2 is 2.16 bits per heavy atom. The molecule has 0 spiro atoms. The van der Waals surface area contributed by atoms with Gasteiger partial charge in [-0.3, -0.25) is 0 Å². The minimum absolute atomic E-state index is 0.136. The summed E-state index contributed by atoms with van der Waals surface area (Å²) in [5.41, 5.74) is 1.35. The Morgan fingerprint density at radius 1 is 1.32 bits per heavy atom. The second kappa shape index (κ2) is 7.00. The topological polar surface area (TPSA) is 83.3 Å². The highest BCUT2D eigenvalue weighted by Crippen LogP contribution is 2.18. The number of hydrogen-bond donors (Lipinski definition) is 2. The lowest BCUT2D eigenvalue weighted by molar-refractivity contribution is 0.220. The van der Waals surface area contributed by atoms with Crippen molar-refractivity contribution in [3.05, 3.63) is 66.5 Å². The Bertz CT molecular complexity index is 883. The Hall–Kier alpha value is -3.42. The van der Waals surface area contributed by atoms with Gasteiger partial charge in [-0.25, -0.2) is 18.9 Å². The highest BCUT2D eigenvalue weighted by molar-refractivity contribution is 5.89. The predicted molar refractivity (Wildman–Crippen MR) is 89.9 cm³/mol. The number of carbonyl (C=O) groups is 1. The first-order chi connectivity index (χ1) is 12.0. The van der Waals surface area contributed by atoms with Crippen LogP contribution in [-0.2, 0) is 6.54 Å². The number of amides is 2. The fourth-order valence-corrected chi connectivity index (χ4v) is 2.32. The predicted octanol–water partition coefficient (Wildman–Crippen LogP) is 2.78. The molecule has 128 valence electrons. The minimum Gasteiger partial charge on any atom is -0.508 e. The number of phenolic OH excluding ortho intramolecular Hbond substituents is 1. The van der Waals surface area contributed by atoms with E-state index in [4.69, 9.17) is 0 Å². The third-order valence-electron chi connectivity index (χ3n) is 3.54. The van der Waals surface area contributed by atoms with Crippen LogP contribution in [-0.4, -0.2) is 37.8 Å². The molecule has 1 aromatic heterocycles. The molecule has 0 radical (unpaired) electrons. The van der Waals surface area contributed by atoms with E-state index in [1.807, 2.05) is 0 Å². The van der Waals surface area contributed by atoms with E-state index >= 15 is 0 Å². The monoisotopic (exact) mass is 341 g/mol. The normalized spacial score (nSPS) is 10.5. The number of nitrogens with zero attached hydrogens (tertiary/aromatic N) is 4. The Morgan fingerprint density at radius 3 is 2.84 bits per heavy atom. The van der Waals surface area contributed by atoms with Crippen molar-refractivity contribution in [2.24, 2.45) is 0 Å². The van der Waals surface area contributed by atoms with Crippen LogP contribution in [0.4, 0.5) is 14.9 Å². The number of aromatic nitrogens is 3. The van der Waals surface area contributed by atoms with Crippen molar-refractivity contribution in [3.63, 3.8) is 0 Å². The molecule has 1 heterocycles. The number of carbonyl (C=O) groups excluding carboxylic acids is 1. The molecule has 0 aliphatic heterocycles. The zero-order valence-corrected chi connectivity index (χ0v) is 13.4. The highest BCUT2D eigenvalue weighted by atomic mass is 19.1. The first-order valence-corrected chi connectivity index (χ1v) is 7.47. The van der Waals surface area contributed by atoms with Crippen molar-refractivity contribution in [1.29, 1.82) is 0 Å². The highest BCUT2D eigenvalue weighted by Gasteiger charge is 2.12. The fourth-order valence-electron chi connectivity index (χ4n) is 2.32. The van der Waals surface area contributed by atoms with E-state index < -0.39 is 11.8 Å². The molecule has 0 unspecified atom stereocenters. The van der Waals surface area contributed by atoms with Gasteiger partial charge in [-0.1, -0.05) is 12.1 Å². The van der Waals surface area contributed by atoms with Crippen LogP contribution in [0.5, 0.6) is 5.75 Å². The number of hydrogen-bond acceptors (Lipinski definition) is 4. The molecule has 3 aromatic rings. The van der Waals surface area contributed by atoms with Gasteiger partial charge in [0.2, 0.25) is 0 Å². The lowest BCUT2D eigenvalue weighted by Gasteiger charge is -2.18. The summed E-state index contributed by atoms with van der Waals surface area (Å²) >= 11 is 0. The quantitative estimate of drug-likeness (QED) is 0.764. The summed E-state index contributed by atoms with van der Waals surface area (Å²) in [6, 6.07) is 10.6. The third kappa shape index (κ3) is 3.92. The minimum atomic E-state index is -0.529. The summed E-state index contributed by atoms with van der Waals surface area (Å²) < 4.78 is 15.5. The van der Waals surface area contributed by atoms with Gasteiger partial charge in [-0.15, -0.1) is 0 Å². The zero-order chi connectivity index (χ0) is 17.8. The Balaban J connectivity index is 1.67. The van der Waals surface area contributed by atoms with Gasteiger partial charge in [-0.2, -0.15) is 5.10 Å². The van der Waals surface area contributed by atoms with Gasteiger partial charge in [0.15, 0.2) is 5.82 Å². The molecule has 0 saturated heterocycles. The molecule has 3 rings (SSSR count). The molecule has 0 fully saturated rings. The maximum absolute atomic E-state index is 14.2. The Kier molecular flexibility index (Phi) is 4.60. The number of nitrogens with one attached hydrogen (secondary N) is 1. The molecule has 25 heavy (non-hydrogen) atoms. The first-order valence-electron chi connectivity index (χ1n) is 7.47. The zero-order valence-electron chi connectivity index (χ0n) is 13.4. The number of phenols is 1. The second-order valence-corrected chi connectivity index (χ2v) is 5.46. The van der Waals surface area contributed by atoms with Crippen molar-refractivity contribution in [2.75, 3.05) is 12.4 Å². The summed E-state index contributed by atoms with van der Waals surface area (Å²) in [5, 5.41) is 16.0. The van der Waals surface area contributed by atoms with Crippen molar-refractivity contribution in [2.45, 2.75) is 6.54 Å². The molecule has 0 aliphatic carbocycles. The number of benzene rings is 2. The third-order valence-corrected chi connectivity index (χ3v) is 3.54. The van der Waals surface area contributed by atoms with Crippen molar-refractivity contribution < 1.29 is 14.3 Å². The lowest BCUT2D eigenvalue weighted by Crippen LogP contribution is -2.30. The van der Waals surface area contributed by atoms with Crippen LogP contribution >= 0.6 is 0 Å². The van der Waals surface area contributed by atoms with Gasteiger partial charge < -0.3 is 15.3 Å². The summed E-state index contributed by atoms with van der Waals surface area (Å²) in [4.78, 5) is 17.4. The molecule has 8 heteroatoms. The smallest absolute Gasteiger partial charge is 0.321 e. The average molecular weight is 341 g/mol. The van der Waals surface area contributed by atoms with Crippen LogP contribution in [0.25, 0.3) is 5.69 Å². The summed E-state index contributed by atoms with van der Waals surface area (Å²) in [6.45, 7) is 0.305. The van der Waals surface area contributed by atoms with Crippen LogP contribution in [0.2, 0.25) is 0 Å². The lowest BCUT2D eigenvalue weighted by atomic mass is 10.2. The summed E-state index contributed by atoms with van der Waals surface area (Å²) in [7, 11) is 1.61. The van der Waals surface area contributed by atoms with Gasteiger partial charge in [0.1, 0.15) is 24.1 Å². The van der Waals surface area contributed by atoms with Crippen molar-refractivity contribution in [3.8, 4) is 11.4 Å². The van der Waals surface area contributed by atoms with Crippen LogP contribution in [0.3, 0.4) is 0 Å². The molecule has 0 saturated carbocycles. The van der Waals surface area contributed by atoms with E-state index in [0.29, 0.717) is 12.2 Å². The summed E-state index contributed by atoms with van der Waals surface area (Å²) in [6.07, 6.45) is 2.70. The van der Waals surface area contributed by atoms with E-state index in [9.17, 15) is 14.3 Å². The molecular weight excluding hydrogens is 325 g/mol. The van der Waals surface area contributed by atoms with E-state index in [0.717, 1.165) is 5.56 Å². The van der Waals surface area contributed by atoms with Gasteiger partial charge in [0.05, 0.1) is 0 Å². The first kappa shape index (κ1) is 16.4. The van der Waals surface area contributed by atoms with E-state index in [1.165, 1.54) is 34.4 Å². The number of rotatable bonds is 4. The van der Waals surface area contributed by atoms with Crippen LogP contribution in [0.15, 0.2) is 55.1 Å². The molecule has 2 aromatic carbocycles. The fraction of sp³-hybridized carbons (Fsp3) is 0.118. The number of halogens is 1. The van der Waals surface area contributed by atoms with E-state index in [1.54, 1.807) is 37.4 Å². The van der Waals surface area contributed by atoms with Crippen molar-refractivity contribution >= 4 is 11.7 Å². The SMILES string of the molecule is CN(Cc1cccc(O)c1)C(=O)Nc1ccc(-n2cncn2)c(F)c1. The number of aromatic hydroxyl groups is 1. The van der Waals surface area contributed by atoms with Gasteiger partial charge in [0.25, 0.3) is 0 Å². The van der Waals surface area contributed by atoms with Crippen LogP contribution in [0, 0.1) is 5.82 Å². The van der Waals surface area contributed by atoms with Gasteiger partial charge in [-0.05, 0) is 35.9 Å². The molecule has 7 nitrogen and oxygen atoms in total. The maximum Gasteiger partial charge on any atom is 0.321 e. The van der Waals surface area contributed by atoms with Crippen LogP contribution in [0.1, 0.15) is 5.56 Å². The second-order valence-electron chi connectivity index (χ2n) is 5.46. The van der Waals surface area contributed by atoms with Gasteiger partial charge in [0, 0.05) is 19.3 Å². The molecule has 2 N–H and O–H groups in total. The van der Waals surface area contributed by atoms with E-state index in [-0.39, 0.29) is 11.4 Å². The summed E-state index contributed by atoms with van der Waals surface area (Å²) in [5.74, 6) is -0.393. The molecule has 0 atom stereocenters. The molecule has 0 bridgehead atoms.